The molecule has 3 aliphatic rings. The molecule has 11 rings (SSSR count). The van der Waals surface area contributed by atoms with Crippen molar-refractivity contribution in [2.75, 3.05) is 4.90 Å². The molecule has 0 unspecified atom stereocenters. The molecule has 2 heterocycles. The maximum Gasteiger partial charge on any atom is 0.0578 e. The van der Waals surface area contributed by atoms with Gasteiger partial charge in [0.25, 0.3) is 0 Å². The standard InChI is InChI=1S/C52H42N2/c1-51(2)44-18-10-11-20-49(44)54-48-28-23-35(30-43(48)42-17-12-19-45(51)50(42)54)36-22-26-40-41-27-25-39(32-47(41)52(3,4)46(40)31-36)53(37-15-6-5-7-16-37)38-24-21-33-13-8-9-14-34(33)29-38/h5-10,12-19,21-32H,11,20H2,1-4H3. The minimum atomic E-state index is -0.167. The Morgan fingerprint density at radius 1 is 0.519 bits per heavy atom. The molecule has 2 nitrogen and oxygen atoms in total. The SMILES string of the molecule is CC1(C)C2=C(CCC=C2)n2c3ccc(-c4ccc5c(c4)C(C)(C)c4cc(N(c6ccccc6)c6ccc7ccccc7c6)ccc4-5)cc3c3cccc1c32. The van der Waals surface area contributed by atoms with E-state index in [1.807, 2.05) is 0 Å². The van der Waals surface area contributed by atoms with Gasteiger partial charge >= 0.3 is 0 Å². The van der Waals surface area contributed by atoms with Gasteiger partial charge in [0.05, 0.1) is 11.0 Å². The lowest BCUT2D eigenvalue weighted by atomic mass is 9.72. The highest BCUT2D eigenvalue weighted by Gasteiger charge is 2.38. The fourth-order valence-corrected chi connectivity index (χ4v) is 10.0. The number of benzene rings is 7. The largest absolute Gasteiger partial charge is 0.312 e. The van der Waals surface area contributed by atoms with E-state index in [0.29, 0.717) is 0 Å². The van der Waals surface area contributed by atoms with Crippen LogP contribution in [-0.2, 0) is 10.8 Å². The fourth-order valence-electron chi connectivity index (χ4n) is 10.0. The van der Waals surface area contributed by atoms with Crippen LogP contribution in [0.4, 0.5) is 17.1 Å². The van der Waals surface area contributed by atoms with E-state index in [9.17, 15) is 0 Å². The summed E-state index contributed by atoms with van der Waals surface area (Å²) in [7, 11) is 0. The van der Waals surface area contributed by atoms with Crippen molar-refractivity contribution in [1.82, 2.24) is 4.57 Å². The van der Waals surface area contributed by atoms with Gasteiger partial charge in [-0.05, 0) is 123 Å². The molecule has 1 aliphatic heterocycles. The van der Waals surface area contributed by atoms with E-state index in [0.717, 1.165) is 24.2 Å². The van der Waals surface area contributed by atoms with Crippen LogP contribution in [0.5, 0.6) is 0 Å². The third-order valence-corrected chi connectivity index (χ3v) is 12.8. The third-order valence-electron chi connectivity index (χ3n) is 12.8. The van der Waals surface area contributed by atoms with E-state index in [4.69, 9.17) is 0 Å². The molecule has 2 aliphatic carbocycles. The summed E-state index contributed by atoms with van der Waals surface area (Å²) in [5.41, 5.74) is 18.3. The van der Waals surface area contributed by atoms with Gasteiger partial charge in [-0.25, -0.2) is 0 Å². The predicted molar refractivity (Wildman–Crippen MR) is 229 cm³/mol. The van der Waals surface area contributed by atoms with Gasteiger partial charge < -0.3 is 9.47 Å². The molecule has 0 amide bonds. The number of allylic oxidation sites excluding steroid dienone is 4. The number of rotatable bonds is 4. The van der Waals surface area contributed by atoms with E-state index >= 15 is 0 Å². The van der Waals surface area contributed by atoms with Gasteiger partial charge in [-0.1, -0.05) is 131 Å². The maximum absolute atomic E-state index is 2.59. The minimum absolute atomic E-state index is 0.0208. The summed E-state index contributed by atoms with van der Waals surface area (Å²) in [6.45, 7) is 9.59. The number of para-hydroxylation sites is 2. The van der Waals surface area contributed by atoms with Gasteiger partial charge in [-0.15, -0.1) is 0 Å². The predicted octanol–water partition coefficient (Wildman–Crippen LogP) is 14.2. The molecule has 1 aromatic heterocycles. The molecule has 2 heteroatoms. The van der Waals surface area contributed by atoms with Gasteiger partial charge in [-0.2, -0.15) is 0 Å². The van der Waals surface area contributed by atoms with Crippen molar-refractivity contribution in [3.8, 4) is 22.3 Å². The van der Waals surface area contributed by atoms with E-state index in [-0.39, 0.29) is 10.8 Å². The Morgan fingerprint density at radius 2 is 1.22 bits per heavy atom. The molecule has 0 spiro atoms. The van der Waals surface area contributed by atoms with Crippen LogP contribution in [0.1, 0.15) is 57.2 Å². The number of anilines is 3. The first-order valence-electron chi connectivity index (χ1n) is 19.4. The lowest BCUT2D eigenvalue weighted by Gasteiger charge is -2.37. The van der Waals surface area contributed by atoms with Gasteiger partial charge in [0.1, 0.15) is 0 Å². The summed E-state index contributed by atoms with van der Waals surface area (Å²) in [5.74, 6) is 0. The van der Waals surface area contributed by atoms with Crippen molar-refractivity contribution in [3.63, 3.8) is 0 Å². The molecular weight excluding hydrogens is 653 g/mol. The Bertz CT molecular complexity index is 2930. The Labute approximate surface area is 317 Å². The van der Waals surface area contributed by atoms with Crippen molar-refractivity contribution in [3.05, 3.63) is 180 Å². The summed E-state index contributed by atoms with van der Waals surface area (Å²) in [6.07, 6.45) is 6.92. The van der Waals surface area contributed by atoms with Crippen LogP contribution in [0.15, 0.2) is 163 Å². The first-order valence-corrected chi connectivity index (χ1v) is 19.4. The molecule has 0 atom stereocenters. The highest BCUT2D eigenvalue weighted by molar-refractivity contribution is 6.13. The van der Waals surface area contributed by atoms with Crippen molar-refractivity contribution >= 4 is 55.3 Å². The topological polar surface area (TPSA) is 8.17 Å². The second-order valence-corrected chi connectivity index (χ2v) is 16.5. The lowest BCUT2D eigenvalue weighted by Crippen LogP contribution is -2.27. The third kappa shape index (κ3) is 4.34. The van der Waals surface area contributed by atoms with Crippen LogP contribution in [-0.4, -0.2) is 4.57 Å². The molecule has 0 N–H and O–H groups in total. The van der Waals surface area contributed by atoms with Crippen LogP contribution in [0, 0.1) is 0 Å². The number of fused-ring (bicyclic) bond motifs is 8. The molecule has 8 aromatic rings. The molecule has 260 valence electrons. The molecule has 54 heavy (non-hydrogen) atoms. The fraction of sp³-hybridized carbons (Fsp3) is 0.154. The van der Waals surface area contributed by atoms with Crippen LogP contribution in [0.2, 0.25) is 0 Å². The zero-order chi connectivity index (χ0) is 36.3. The van der Waals surface area contributed by atoms with Crippen LogP contribution in [0.3, 0.4) is 0 Å². The van der Waals surface area contributed by atoms with Crippen molar-refractivity contribution < 1.29 is 0 Å². The second kappa shape index (κ2) is 11.2. The van der Waals surface area contributed by atoms with E-state index in [1.54, 1.807) is 0 Å². The Kier molecular flexibility index (Phi) is 6.51. The number of aromatic nitrogens is 1. The van der Waals surface area contributed by atoms with Crippen molar-refractivity contribution in [1.29, 1.82) is 0 Å². The highest BCUT2D eigenvalue weighted by atomic mass is 15.1. The summed E-state index contributed by atoms with van der Waals surface area (Å²) in [6, 6.07) is 54.5. The highest BCUT2D eigenvalue weighted by Crippen LogP contribution is 2.53. The zero-order valence-electron chi connectivity index (χ0n) is 31.3. The van der Waals surface area contributed by atoms with Gasteiger partial charge in [-0.3, -0.25) is 0 Å². The Balaban J connectivity index is 1.02. The summed E-state index contributed by atoms with van der Waals surface area (Å²) in [4.78, 5) is 2.40. The summed E-state index contributed by atoms with van der Waals surface area (Å²) < 4.78 is 2.59. The van der Waals surface area contributed by atoms with Crippen molar-refractivity contribution in [2.45, 2.75) is 51.4 Å². The molecular formula is C52H42N2. The normalized spacial score (nSPS) is 16.1. The molecule has 0 saturated heterocycles. The molecule has 7 aromatic carbocycles. The summed E-state index contributed by atoms with van der Waals surface area (Å²) >= 11 is 0. The quantitative estimate of drug-likeness (QED) is 0.178. The number of nitrogens with zero attached hydrogens (tertiary/aromatic N) is 2. The average molecular weight is 695 g/mol. The second-order valence-electron chi connectivity index (χ2n) is 16.5. The van der Waals surface area contributed by atoms with Crippen LogP contribution in [0.25, 0.3) is 60.5 Å². The first kappa shape index (κ1) is 31.4. The number of hydrogen-bond acceptors (Lipinski definition) is 1. The first-order chi connectivity index (χ1) is 26.3. The smallest absolute Gasteiger partial charge is 0.0578 e. The molecule has 0 radical (unpaired) electrons. The summed E-state index contributed by atoms with van der Waals surface area (Å²) in [5, 5.41) is 5.19. The zero-order valence-corrected chi connectivity index (χ0v) is 31.3. The minimum Gasteiger partial charge on any atom is -0.312 e. The van der Waals surface area contributed by atoms with Crippen LogP contribution < -0.4 is 4.90 Å². The number of hydrogen-bond donors (Lipinski definition) is 0. The molecule has 0 bridgehead atoms. The average Bonchev–Trinajstić information content (AvgIpc) is 3.65. The van der Waals surface area contributed by atoms with E-state index < -0.39 is 0 Å². The molecule has 0 fully saturated rings. The maximum atomic E-state index is 2.59. The van der Waals surface area contributed by atoms with Gasteiger partial charge in [0, 0.05) is 44.4 Å². The Hall–Kier alpha value is -6.12. The monoisotopic (exact) mass is 694 g/mol. The Morgan fingerprint density at radius 3 is 2.07 bits per heavy atom. The molecule has 0 saturated carbocycles. The van der Waals surface area contributed by atoms with Gasteiger partial charge in [0.15, 0.2) is 0 Å². The van der Waals surface area contributed by atoms with Crippen LogP contribution >= 0.6 is 0 Å². The van der Waals surface area contributed by atoms with Gasteiger partial charge in [0.2, 0.25) is 0 Å². The van der Waals surface area contributed by atoms with E-state index in [2.05, 4.69) is 195 Å². The van der Waals surface area contributed by atoms with Crippen molar-refractivity contribution in [2.24, 2.45) is 0 Å². The lowest BCUT2D eigenvalue weighted by molar-refractivity contribution is 0.623. The van der Waals surface area contributed by atoms with E-state index in [1.165, 1.54) is 88.5 Å².